The summed E-state index contributed by atoms with van der Waals surface area (Å²) in [6.45, 7) is 5.92. The van der Waals surface area contributed by atoms with Gasteiger partial charge >= 0.3 is 0 Å². The van der Waals surface area contributed by atoms with E-state index < -0.39 is 0 Å². The molecule has 1 atom stereocenters. The van der Waals surface area contributed by atoms with Gasteiger partial charge in [0.1, 0.15) is 6.33 Å². The Labute approximate surface area is 71.4 Å². The Morgan fingerprint density at radius 2 is 2.17 bits per heavy atom. The van der Waals surface area contributed by atoms with Crippen LogP contribution in [0, 0.1) is 11.8 Å². The van der Waals surface area contributed by atoms with Crippen LogP contribution >= 0.6 is 0 Å². The van der Waals surface area contributed by atoms with Gasteiger partial charge < -0.3 is 0 Å². The lowest BCUT2D eigenvalue weighted by Crippen LogP contribution is -2.18. The summed E-state index contributed by atoms with van der Waals surface area (Å²) in [5, 5.41) is 6.19. The molecular weight excluding hydrogens is 154 g/mol. The molecule has 1 aromatic heterocycles. The lowest BCUT2D eigenvalue weighted by Gasteiger charge is -2.11. The first kappa shape index (κ1) is 8.90. The van der Waals surface area contributed by atoms with E-state index in [2.05, 4.69) is 15.2 Å². The summed E-state index contributed by atoms with van der Waals surface area (Å²) < 4.78 is 0. The molecule has 1 unspecified atom stereocenters. The quantitative estimate of drug-likeness (QED) is 0.690. The van der Waals surface area contributed by atoms with E-state index in [0.717, 1.165) is 0 Å². The van der Waals surface area contributed by atoms with Crippen LogP contribution in [-0.2, 0) is 0 Å². The van der Waals surface area contributed by atoms with E-state index in [-0.39, 0.29) is 11.7 Å². The summed E-state index contributed by atoms with van der Waals surface area (Å²) >= 11 is 0. The second-order valence-corrected chi connectivity index (χ2v) is 3.23. The topological polar surface area (TPSA) is 58.6 Å². The standard InChI is InChI=1S/C8H13N3O/c1-5(2)6(3)7(12)8-9-4-10-11-8/h4-6H,1-3H3,(H,9,10,11). The molecule has 12 heavy (non-hydrogen) atoms. The monoisotopic (exact) mass is 167 g/mol. The van der Waals surface area contributed by atoms with Crippen LogP contribution in [0.4, 0.5) is 0 Å². The predicted octanol–water partition coefficient (Wildman–Crippen LogP) is 1.28. The van der Waals surface area contributed by atoms with Crippen molar-refractivity contribution in [2.75, 3.05) is 0 Å². The Hall–Kier alpha value is -1.19. The Morgan fingerprint density at radius 1 is 1.50 bits per heavy atom. The second-order valence-electron chi connectivity index (χ2n) is 3.23. The van der Waals surface area contributed by atoms with E-state index in [9.17, 15) is 4.79 Å². The molecule has 0 aliphatic heterocycles. The van der Waals surface area contributed by atoms with E-state index in [1.165, 1.54) is 6.33 Å². The molecule has 0 fully saturated rings. The fourth-order valence-electron chi connectivity index (χ4n) is 0.843. The molecule has 0 aromatic carbocycles. The molecule has 0 saturated carbocycles. The van der Waals surface area contributed by atoms with Crippen LogP contribution < -0.4 is 0 Å². The molecule has 66 valence electrons. The van der Waals surface area contributed by atoms with E-state index in [4.69, 9.17) is 0 Å². The van der Waals surface area contributed by atoms with Crippen LogP contribution in [0.1, 0.15) is 31.4 Å². The first-order valence-electron chi connectivity index (χ1n) is 4.02. The summed E-state index contributed by atoms with van der Waals surface area (Å²) in [6, 6.07) is 0. The van der Waals surface area contributed by atoms with Crippen molar-refractivity contribution in [3.05, 3.63) is 12.2 Å². The van der Waals surface area contributed by atoms with Crippen molar-refractivity contribution in [2.45, 2.75) is 20.8 Å². The van der Waals surface area contributed by atoms with Gasteiger partial charge in [0.15, 0.2) is 5.82 Å². The SMILES string of the molecule is CC(C)C(C)C(=O)c1ncn[nH]1. The maximum atomic E-state index is 11.5. The van der Waals surface area contributed by atoms with E-state index in [1.54, 1.807) is 0 Å². The number of aromatic nitrogens is 3. The van der Waals surface area contributed by atoms with Crippen molar-refractivity contribution in [2.24, 2.45) is 11.8 Å². The van der Waals surface area contributed by atoms with Crippen molar-refractivity contribution in [1.82, 2.24) is 15.2 Å². The van der Waals surface area contributed by atoms with E-state index in [1.807, 2.05) is 20.8 Å². The molecule has 0 radical (unpaired) electrons. The minimum absolute atomic E-state index is 0.00190. The number of hydrogen-bond acceptors (Lipinski definition) is 3. The number of nitrogens with zero attached hydrogens (tertiary/aromatic N) is 2. The van der Waals surface area contributed by atoms with Crippen LogP contribution in [0.5, 0.6) is 0 Å². The maximum Gasteiger partial charge on any atom is 0.202 e. The highest BCUT2D eigenvalue weighted by atomic mass is 16.1. The van der Waals surface area contributed by atoms with Gasteiger partial charge in [-0.25, -0.2) is 4.98 Å². The number of aromatic amines is 1. The van der Waals surface area contributed by atoms with Crippen LogP contribution in [0.25, 0.3) is 0 Å². The highest BCUT2D eigenvalue weighted by molar-refractivity contribution is 5.94. The van der Waals surface area contributed by atoms with Crippen LogP contribution in [0.3, 0.4) is 0 Å². The molecule has 1 rings (SSSR count). The van der Waals surface area contributed by atoms with Gasteiger partial charge in [0.2, 0.25) is 5.78 Å². The molecule has 0 saturated heterocycles. The first-order chi connectivity index (χ1) is 5.63. The predicted molar refractivity (Wildman–Crippen MR) is 44.7 cm³/mol. The molecule has 4 nitrogen and oxygen atoms in total. The van der Waals surface area contributed by atoms with Crippen molar-refractivity contribution in [1.29, 1.82) is 0 Å². The third-order valence-electron chi connectivity index (χ3n) is 2.06. The third-order valence-corrected chi connectivity index (χ3v) is 2.06. The molecule has 0 aliphatic rings. The lowest BCUT2D eigenvalue weighted by molar-refractivity contribution is 0.0889. The summed E-state index contributed by atoms with van der Waals surface area (Å²) in [5.41, 5.74) is 0. The van der Waals surface area contributed by atoms with E-state index >= 15 is 0 Å². The normalized spacial score (nSPS) is 13.3. The molecule has 1 heterocycles. The van der Waals surface area contributed by atoms with Crippen LogP contribution in [-0.4, -0.2) is 21.0 Å². The van der Waals surface area contributed by atoms with Gasteiger partial charge in [-0.1, -0.05) is 20.8 Å². The minimum Gasteiger partial charge on any atom is -0.290 e. The van der Waals surface area contributed by atoms with Crippen molar-refractivity contribution >= 4 is 5.78 Å². The Morgan fingerprint density at radius 3 is 2.58 bits per heavy atom. The fraction of sp³-hybridized carbons (Fsp3) is 0.625. The van der Waals surface area contributed by atoms with Gasteiger partial charge in [0.25, 0.3) is 0 Å². The molecule has 0 aliphatic carbocycles. The average molecular weight is 167 g/mol. The molecule has 0 bridgehead atoms. The Kier molecular flexibility index (Phi) is 2.58. The third kappa shape index (κ3) is 1.69. The summed E-state index contributed by atoms with van der Waals surface area (Å²) in [4.78, 5) is 15.3. The maximum absolute atomic E-state index is 11.5. The number of carbonyl (C=O) groups is 1. The summed E-state index contributed by atoms with van der Waals surface area (Å²) in [6.07, 6.45) is 1.35. The molecule has 1 N–H and O–H groups in total. The van der Waals surface area contributed by atoms with Crippen molar-refractivity contribution < 1.29 is 4.79 Å². The molecule has 4 heteroatoms. The minimum atomic E-state index is -0.00190. The highest BCUT2D eigenvalue weighted by Crippen LogP contribution is 2.13. The number of hydrogen-bond donors (Lipinski definition) is 1. The largest absolute Gasteiger partial charge is 0.290 e. The van der Waals surface area contributed by atoms with E-state index in [0.29, 0.717) is 11.7 Å². The lowest BCUT2D eigenvalue weighted by atomic mass is 9.93. The smallest absolute Gasteiger partial charge is 0.202 e. The van der Waals surface area contributed by atoms with Gasteiger partial charge in [0, 0.05) is 5.92 Å². The Bertz CT molecular complexity index is 253. The Balaban J connectivity index is 2.72. The average Bonchev–Trinajstić information content (AvgIpc) is 2.53. The number of ketones is 1. The number of H-pyrrole nitrogens is 1. The fourth-order valence-corrected chi connectivity index (χ4v) is 0.843. The molecule has 0 spiro atoms. The van der Waals surface area contributed by atoms with Gasteiger partial charge in [-0.05, 0) is 5.92 Å². The van der Waals surface area contributed by atoms with Gasteiger partial charge in [-0.2, -0.15) is 5.10 Å². The highest BCUT2D eigenvalue weighted by Gasteiger charge is 2.20. The zero-order valence-electron chi connectivity index (χ0n) is 7.53. The first-order valence-corrected chi connectivity index (χ1v) is 4.02. The molecule has 0 amide bonds. The second kappa shape index (κ2) is 3.47. The number of carbonyl (C=O) groups excluding carboxylic acids is 1. The summed E-state index contributed by atoms with van der Waals surface area (Å²) in [5.74, 6) is 0.722. The molecular formula is C8H13N3O. The number of Topliss-reactive ketones (excluding diaryl/α,β-unsaturated/α-hetero) is 1. The van der Waals surface area contributed by atoms with Crippen molar-refractivity contribution in [3.63, 3.8) is 0 Å². The number of nitrogens with one attached hydrogen (secondary N) is 1. The van der Waals surface area contributed by atoms with Crippen LogP contribution in [0.15, 0.2) is 6.33 Å². The zero-order chi connectivity index (χ0) is 9.14. The van der Waals surface area contributed by atoms with Gasteiger partial charge in [0.05, 0.1) is 0 Å². The van der Waals surface area contributed by atoms with Gasteiger partial charge in [-0.15, -0.1) is 0 Å². The van der Waals surface area contributed by atoms with Gasteiger partial charge in [-0.3, -0.25) is 9.89 Å². The summed E-state index contributed by atoms with van der Waals surface area (Å²) in [7, 11) is 0. The van der Waals surface area contributed by atoms with Crippen LogP contribution in [0.2, 0.25) is 0 Å². The molecule has 1 aromatic rings. The zero-order valence-corrected chi connectivity index (χ0v) is 7.53. The number of rotatable bonds is 3. The van der Waals surface area contributed by atoms with Crippen molar-refractivity contribution in [3.8, 4) is 0 Å².